The van der Waals surface area contributed by atoms with Crippen molar-refractivity contribution < 1.29 is 22.5 Å². The summed E-state index contributed by atoms with van der Waals surface area (Å²) in [5.41, 5.74) is 1.90. The van der Waals surface area contributed by atoms with Crippen LogP contribution in [0.1, 0.15) is 18.4 Å². The summed E-state index contributed by atoms with van der Waals surface area (Å²) in [5.74, 6) is 0.437. The number of sulfonamides is 1. The lowest BCUT2D eigenvalue weighted by molar-refractivity contribution is -0.122. The number of carbonyl (C=O) groups excluding carboxylic acids is 1. The minimum Gasteiger partial charge on any atom is -0.495 e. The zero-order valence-electron chi connectivity index (χ0n) is 17.7. The maximum absolute atomic E-state index is 12.8. The Kier molecular flexibility index (Phi) is 6.59. The Balaban J connectivity index is 1.77. The number of carbonyl (C=O) groups is 1. The fourth-order valence-electron chi connectivity index (χ4n) is 3.09. The highest BCUT2D eigenvalue weighted by atomic mass is 32.2. The summed E-state index contributed by atoms with van der Waals surface area (Å²) in [5, 5.41) is 6.56. The Morgan fingerprint density at radius 3 is 2.58 bits per heavy atom. The van der Waals surface area contributed by atoms with Crippen LogP contribution in [0.25, 0.3) is 11.4 Å². The number of ether oxygens (including phenoxy) is 1. The van der Waals surface area contributed by atoms with E-state index < -0.39 is 22.0 Å². The third kappa shape index (κ3) is 5.21. The molecule has 0 saturated carbocycles. The fraction of sp³-hybridized carbons (Fsp3) is 0.286. The van der Waals surface area contributed by atoms with Crippen LogP contribution in [0.5, 0.6) is 5.75 Å². The summed E-state index contributed by atoms with van der Waals surface area (Å²) in [6, 6.07) is 13.4. The molecule has 3 aromatic rings. The van der Waals surface area contributed by atoms with Gasteiger partial charge in [-0.3, -0.25) is 9.10 Å². The van der Waals surface area contributed by atoms with Crippen LogP contribution in [0.2, 0.25) is 0 Å². The quantitative estimate of drug-likeness (QED) is 0.568. The minimum absolute atomic E-state index is 0.0361. The highest BCUT2D eigenvalue weighted by Gasteiger charge is 2.31. The van der Waals surface area contributed by atoms with Crippen molar-refractivity contribution in [3.8, 4) is 17.1 Å². The second kappa shape index (κ2) is 9.17. The van der Waals surface area contributed by atoms with Crippen LogP contribution in [-0.4, -0.2) is 43.9 Å². The molecule has 3 rings (SSSR count). The number of hydrogen-bond donors (Lipinski definition) is 1. The number of rotatable bonds is 8. The first-order chi connectivity index (χ1) is 14.7. The Morgan fingerprint density at radius 1 is 1.23 bits per heavy atom. The van der Waals surface area contributed by atoms with E-state index in [1.165, 1.54) is 14.0 Å². The molecular formula is C21H24N4O5S. The summed E-state index contributed by atoms with van der Waals surface area (Å²) in [4.78, 5) is 17.0. The van der Waals surface area contributed by atoms with Gasteiger partial charge in [0.05, 0.1) is 25.6 Å². The zero-order valence-corrected chi connectivity index (χ0v) is 18.5. The monoisotopic (exact) mass is 444 g/mol. The summed E-state index contributed by atoms with van der Waals surface area (Å²) in [7, 11) is -2.34. The Morgan fingerprint density at radius 2 is 1.94 bits per heavy atom. The molecule has 31 heavy (non-hydrogen) atoms. The van der Waals surface area contributed by atoms with Crippen molar-refractivity contribution in [1.29, 1.82) is 0 Å². The van der Waals surface area contributed by atoms with E-state index in [4.69, 9.17) is 9.26 Å². The van der Waals surface area contributed by atoms with Crippen molar-refractivity contribution >= 4 is 21.6 Å². The second-order valence-electron chi connectivity index (χ2n) is 7.01. The Labute approximate surface area is 181 Å². The normalized spacial score (nSPS) is 12.3. The van der Waals surface area contributed by atoms with E-state index in [1.807, 2.05) is 37.3 Å². The van der Waals surface area contributed by atoms with Crippen molar-refractivity contribution in [2.24, 2.45) is 0 Å². The lowest BCUT2D eigenvalue weighted by atomic mass is 10.2. The molecule has 0 aliphatic rings. The van der Waals surface area contributed by atoms with Crippen LogP contribution < -0.4 is 14.4 Å². The third-order valence-corrected chi connectivity index (χ3v) is 5.80. The van der Waals surface area contributed by atoms with E-state index in [-0.39, 0.29) is 18.1 Å². The van der Waals surface area contributed by atoms with Gasteiger partial charge in [0.25, 0.3) is 0 Å². The van der Waals surface area contributed by atoms with Gasteiger partial charge in [0, 0.05) is 5.56 Å². The number of aryl methyl sites for hydroxylation is 1. The first kappa shape index (κ1) is 22.3. The number of amides is 1. The van der Waals surface area contributed by atoms with Crippen molar-refractivity contribution in [2.75, 3.05) is 17.7 Å². The van der Waals surface area contributed by atoms with Crippen molar-refractivity contribution in [2.45, 2.75) is 26.4 Å². The van der Waals surface area contributed by atoms with E-state index in [2.05, 4.69) is 15.5 Å². The molecule has 1 amide bonds. The Hall–Kier alpha value is -3.40. The third-order valence-electron chi connectivity index (χ3n) is 4.57. The summed E-state index contributed by atoms with van der Waals surface area (Å²) < 4.78 is 36.6. The van der Waals surface area contributed by atoms with Gasteiger partial charge in [-0.25, -0.2) is 8.42 Å². The minimum atomic E-state index is -3.79. The van der Waals surface area contributed by atoms with Gasteiger partial charge in [-0.1, -0.05) is 41.6 Å². The first-order valence-corrected chi connectivity index (χ1v) is 11.4. The number of nitrogens with one attached hydrogen (secondary N) is 1. The van der Waals surface area contributed by atoms with Crippen LogP contribution >= 0.6 is 0 Å². The van der Waals surface area contributed by atoms with E-state index in [9.17, 15) is 13.2 Å². The number of nitrogens with zero attached hydrogens (tertiary/aromatic N) is 3. The van der Waals surface area contributed by atoms with Gasteiger partial charge >= 0.3 is 0 Å². The molecule has 1 aromatic heterocycles. The predicted molar refractivity (Wildman–Crippen MR) is 116 cm³/mol. The molecule has 1 heterocycles. The largest absolute Gasteiger partial charge is 0.495 e. The molecule has 164 valence electrons. The number of hydrogen-bond acceptors (Lipinski definition) is 7. The van der Waals surface area contributed by atoms with Crippen molar-refractivity contribution in [3.05, 3.63) is 60.0 Å². The maximum Gasteiger partial charge on any atom is 0.246 e. The first-order valence-electron chi connectivity index (χ1n) is 9.50. The SMILES string of the molecule is COc1ccc(C)cc1N([C@@H](C)C(=O)NCc1nc(-c2ccccc2)no1)S(C)(=O)=O. The predicted octanol–water partition coefficient (Wildman–Crippen LogP) is 2.52. The molecular weight excluding hydrogens is 420 g/mol. The van der Waals surface area contributed by atoms with E-state index in [1.54, 1.807) is 18.2 Å². The summed E-state index contributed by atoms with van der Waals surface area (Å²) >= 11 is 0. The van der Waals surface area contributed by atoms with Crippen LogP contribution in [0.3, 0.4) is 0 Å². The number of aromatic nitrogens is 2. The molecule has 0 saturated heterocycles. The van der Waals surface area contributed by atoms with Crippen LogP contribution in [-0.2, 0) is 21.4 Å². The van der Waals surface area contributed by atoms with Crippen molar-refractivity contribution in [1.82, 2.24) is 15.5 Å². The molecule has 0 aliphatic heterocycles. The molecule has 0 aliphatic carbocycles. The standard InChI is InChI=1S/C21H24N4O5S/c1-14-10-11-18(29-3)17(12-14)25(31(4,27)28)15(2)21(26)22-13-19-23-20(24-30-19)16-8-6-5-7-9-16/h5-12,15H,13H2,1-4H3,(H,22,26)/t15-/m0/s1. The summed E-state index contributed by atoms with van der Waals surface area (Å²) in [6.45, 7) is 3.29. The highest BCUT2D eigenvalue weighted by Crippen LogP contribution is 2.32. The highest BCUT2D eigenvalue weighted by molar-refractivity contribution is 7.92. The molecule has 1 atom stereocenters. The Bertz CT molecular complexity index is 1160. The van der Waals surface area contributed by atoms with Crippen LogP contribution in [0.15, 0.2) is 53.1 Å². The smallest absolute Gasteiger partial charge is 0.246 e. The zero-order chi connectivity index (χ0) is 22.6. The fourth-order valence-corrected chi connectivity index (χ4v) is 4.26. The second-order valence-corrected chi connectivity index (χ2v) is 8.87. The van der Waals surface area contributed by atoms with Crippen molar-refractivity contribution in [3.63, 3.8) is 0 Å². The average Bonchev–Trinajstić information content (AvgIpc) is 3.21. The molecule has 0 spiro atoms. The topological polar surface area (TPSA) is 115 Å². The summed E-state index contributed by atoms with van der Waals surface area (Å²) in [6.07, 6.45) is 1.04. The van der Waals surface area contributed by atoms with E-state index >= 15 is 0 Å². The molecule has 0 radical (unpaired) electrons. The van der Waals surface area contributed by atoms with Gasteiger partial charge in [0.15, 0.2) is 0 Å². The van der Waals surface area contributed by atoms with Crippen LogP contribution in [0, 0.1) is 6.92 Å². The van der Waals surface area contributed by atoms with E-state index in [0.29, 0.717) is 11.6 Å². The maximum atomic E-state index is 12.8. The molecule has 0 unspecified atom stereocenters. The van der Waals surface area contributed by atoms with Gasteiger partial charge in [-0.2, -0.15) is 4.98 Å². The molecule has 0 bridgehead atoms. The number of benzene rings is 2. The van der Waals surface area contributed by atoms with Gasteiger partial charge in [0.1, 0.15) is 11.8 Å². The van der Waals surface area contributed by atoms with Gasteiger partial charge in [-0.15, -0.1) is 0 Å². The van der Waals surface area contributed by atoms with Gasteiger partial charge < -0.3 is 14.6 Å². The van der Waals surface area contributed by atoms with E-state index in [0.717, 1.165) is 21.7 Å². The lowest BCUT2D eigenvalue weighted by Gasteiger charge is -2.29. The molecule has 9 nitrogen and oxygen atoms in total. The molecule has 0 fully saturated rings. The van der Waals surface area contributed by atoms with Crippen LogP contribution in [0.4, 0.5) is 5.69 Å². The average molecular weight is 445 g/mol. The van der Waals surface area contributed by atoms with Gasteiger partial charge in [-0.05, 0) is 31.5 Å². The molecule has 10 heteroatoms. The lowest BCUT2D eigenvalue weighted by Crippen LogP contribution is -2.47. The number of methoxy groups -OCH3 is 1. The number of anilines is 1. The molecule has 2 aromatic carbocycles. The molecule has 1 N–H and O–H groups in total. The van der Waals surface area contributed by atoms with Gasteiger partial charge in [0.2, 0.25) is 27.6 Å².